The van der Waals surface area contributed by atoms with E-state index in [4.69, 9.17) is 9.47 Å². The molecule has 0 unspecified atom stereocenters. The van der Waals surface area contributed by atoms with Crippen molar-refractivity contribution in [2.75, 3.05) is 13.2 Å². The van der Waals surface area contributed by atoms with Crippen LogP contribution in [-0.4, -0.2) is 58.4 Å². The minimum Gasteiger partial charge on any atom is -0.388 e. The molecule has 1 amide bonds. The number of rotatable bonds is 3. The molecule has 2 fully saturated rings. The molecule has 0 saturated carbocycles. The molecule has 2 saturated heterocycles. The molecular formula is C13H19N3O4. The van der Waals surface area contributed by atoms with Crippen LogP contribution in [0, 0.1) is 0 Å². The van der Waals surface area contributed by atoms with E-state index in [0.29, 0.717) is 12.3 Å². The number of hydrogen-bond acceptors (Lipinski definition) is 5. The number of ether oxygens (including phenoxy) is 2. The van der Waals surface area contributed by atoms with E-state index in [9.17, 15) is 9.90 Å². The largest absolute Gasteiger partial charge is 0.388 e. The third kappa shape index (κ3) is 2.21. The van der Waals surface area contributed by atoms with Crippen LogP contribution in [0.5, 0.6) is 0 Å². The van der Waals surface area contributed by atoms with E-state index < -0.39 is 6.10 Å². The summed E-state index contributed by atoms with van der Waals surface area (Å²) in [5.41, 5.74) is 0.516. The van der Waals surface area contributed by atoms with E-state index in [2.05, 4.69) is 10.4 Å². The molecule has 2 N–H and O–H groups in total. The Morgan fingerprint density at radius 1 is 1.45 bits per heavy atom. The van der Waals surface area contributed by atoms with Crippen molar-refractivity contribution in [3.8, 4) is 0 Å². The zero-order valence-electron chi connectivity index (χ0n) is 11.5. The standard InChI is InChI=1S/C13H19N3O4/c1-7(2)16-9(3-4-14-16)13(18)15-8-5-19-12-10(17)6-20-11(8)12/h3-4,7-8,10-12,17H,5-6H2,1-2H3,(H,15,18)/t8-,10-,11-,12-/m1/s1. The maximum absolute atomic E-state index is 12.3. The van der Waals surface area contributed by atoms with Gasteiger partial charge in [0.1, 0.15) is 24.0 Å². The minimum atomic E-state index is -0.608. The molecule has 2 aliphatic rings. The SMILES string of the molecule is CC(C)n1nccc1C(=O)N[C@@H]1CO[C@H]2[C@@H]1OC[C@H]2O. The van der Waals surface area contributed by atoms with E-state index in [-0.39, 0.29) is 36.8 Å². The average molecular weight is 281 g/mol. The molecule has 3 heterocycles. The molecule has 7 heteroatoms. The number of carbonyl (C=O) groups is 1. The summed E-state index contributed by atoms with van der Waals surface area (Å²) in [6, 6.07) is 1.57. The first-order chi connectivity index (χ1) is 9.58. The lowest BCUT2D eigenvalue weighted by atomic mass is 10.1. The number of aliphatic hydroxyl groups excluding tert-OH is 1. The van der Waals surface area contributed by atoms with Crippen LogP contribution in [0.4, 0.5) is 0 Å². The topological polar surface area (TPSA) is 85.6 Å². The number of fused-ring (bicyclic) bond motifs is 1. The number of aliphatic hydroxyl groups is 1. The van der Waals surface area contributed by atoms with Crippen molar-refractivity contribution in [1.82, 2.24) is 15.1 Å². The molecule has 20 heavy (non-hydrogen) atoms. The van der Waals surface area contributed by atoms with Crippen LogP contribution in [0.2, 0.25) is 0 Å². The van der Waals surface area contributed by atoms with Gasteiger partial charge < -0.3 is 19.9 Å². The van der Waals surface area contributed by atoms with Crippen LogP contribution in [-0.2, 0) is 9.47 Å². The molecule has 3 rings (SSSR count). The first-order valence-corrected chi connectivity index (χ1v) is 6.83. The van der Waals surface area contributed by atoms with Crippen LogP contribution in [0.1, 0.15) is 30.4 Å². The summed E-state index contributed by atoms with van der Waals surface area (Å²) in [5, 5.41) is 16.7. The zero-order chi connectivity index (χ0) is 14.3. The van der Waals surface area contributed by atoms with E-state index in [0.717, 1.165) is 0 Å². The number of aromatic nitrogens is 2. The van der Waals surface area contributed by atoms with Crippen LogP contribution in [0.3, 0.4) is 0 Å². The van der Waals surface area contributed by atoms with Gasteiger partial charge in [0, 0.05) is 12.2 Å². The normalized spacial score (nSPS) is 32.6. The molecule has 4 atom stereocenters. The maximum atomic E-state index is 12.3. The molecular weight excluding hydrogens is 262 g/mol. The molecule has 7 nitrogen and oxygen atoms in total. The van der Waals surface area contributed by atoms with Gasteiger partial charge in [-0.25, -0.2) is 0 Å². The van der Waals surface area contributed by atoms with Crippen molar-refractivity contribution in [2.24, 2.45) is 0 Å². The van der Waals surface area contributed by atoms with Crippen LogP contribution < -0.4 is 5.32 Å². The molecule has 0 bridgehead atoms. The second-order valence-electron chi connectivity index (χ2n) is 5.50. The van der Waals surface area contributed by atoms with Gasteiger partial charge in [-0.05, 0) is 19.9 Å². The summed E-state index contributed by atoms with van der Waals surface area (Å²) in [5.74, 6) is -0.199. The molecule has 1 aromatic heterocycles. The second-order valence-corrected chi connectivity index (χ2v) is 5.50. The summed E-state index contributed by atoms with van der Waals surface area (Å²) in [6.07, 6.45) is 0.390. The summed E-state index contributed by atoms with van der Waals surface area (Å²) in [7, 11) is 0. The van der Waals surface area contributed by atoms with Crippen LogP contribution >= 0.6 is 0 Å². The van der Waals surface area contributed by atoms with Gasteiger partial charge in [0.2, 0.25) is 0 Å². The van der Waals surface area contributed by atoms with Crippen LogP contribution in [0.15, 0.2) is 12.3 Å². The number of amides is 1. The fourth-order valence-corrected chi connectivity index (χ4v) is 2.75. The van der Waals surface area contributed by atoms with Gasteiger partial charge in [-0.1, -0.05) is 0 Å². The Balaban J connectivity index is 1.69. The van der Waals surface area contributed by atoms with Crippen molar-refractivity contribution in [3.05, 3.63) is 18.0 Å². The predicted octanol–water partition coefficient (Wildman–Crippen LogP) is -0.279. The summed E-state index contributed by atoms with van der Waals surface area (Å²) >= 11 is 0. The smallest absolute Gasteiger partial charge is 0.269 e. The Kier molecular flexibility index (Phi) is 3.49. The number of carbonyl (C=O) groups excluding carboxylic acids is 1. The summed E-state index contributed by atoms with van der Waals surface area (Å²) in [4.78, 5) is 12.3. The Bertz CT molecular complexity index is 502. The molecule has 0 aromatic carbocycles. The van der Waals surface area contributed by atoms with Crippen LogP contribution in [0.25, 0.3) is 0 Å². The van der Waals surface area contributed by atoms with Gasteiger partial charge in [0.25, 0.3) is 5.91 Å². The van der Waals surface area contributed by atoms with Gasteiger partial charge in [0.15, 0.2) is 0 Å². The minimum absolute atomic E-state index is 0.114. The fourth-order valence-electron chi connectivity index (χ4n) is 2.75. The Labute approximate surface area is 116 Å². The highest BCUT2D eigenvalue weighted by atomic mass is 16.6. The maximum Gasteiger partial charge on any atom is 0.269 e. The highest BCUT2D eigenvalue weighted by Crippen LogP contribution is 2.27. The number of nitrogens with one attached hydrogen (secondary N) is 1. The highest BCUT2D eigenvalue weighted by molar-refractivity contribution is 5.92. The molecule has 1 aromatic rings. The van der Waals surface area contributed by atoms with E-state index in [1.54, 1.807) is 16.9 Å². The van der Waals surface area contributed by atoms with E-state index >= 15 is 0 Å². The van der Waals surface area contributed by atoms with Gasteiger partial charge in [-0.2, -0.15) is 5.10 Å². The van der Waals surface area contributed by atoms with Gasteiger partial charge in [-0.15, -0.1) is 0 Å². The predicted molar refractivity (Wildman–Crippen MR) is 69.4 cm³/mol. The molecule has 110 valence electrons. The fraction of sp³-hybridized carbons (Fsp3) is 0.692. The lowest BCUT2D eigenvalue weighted by Gasteiger charge is -2.18. The monoisotopic (exact) mass is 281 g/mol. The van der Waals surface area contributed by atoms with E-state index in [1.165, 1.54) is 0 Å². The Morgan fingerprint density at radius 2 is 2.20 bits per heavy atom. The molecule has 0 spiro atoms. The van der Waals surface area contributed by atoms with Crippen molar-refractivity contribution in [3.63, 3.8) is 0 Å². The Hall–Kier alpha value is -1.44. The quantitative estimate of drug-likeness (QED) is 0.796. The van der Waals surface area contributed by atoms with Gasteiger partial charge in [-0.3, -0.25) is 9.48 Å². The average Bonchev–Trinajstić information content (AvgIpc) is 3.08. The lowest BCUT2D eigenvalue weighted by molar-refractivity contribution is 0.0178. The van der Waals surface area contributed by atoms with Crippen molar-refractivity contribution >= 4 is 5.91 Å². The molecule has 2 aliphatic heterocycles. The third-order valence-electron chi connectivity index (χ3n) is 3.74. The van der Waals surface area contributed by atoms with Crippen molar-refractivity contribution in [2.45, 2.75) is 44.2 Å². The van der Waals surface area contributed by atoms with E-state index in [1.807, 2.05) is 13.8 Å². The summed E-state index contributed by atoms with van der Waals surface area (Å²) < 4.78 is 12.6. The second kappa shape index (κ2) is 5.16. The first-order valence-electron chi connectivity index (χ1n) is 6.83. The first kappa shape index (κ1) is 13.5. The lowest BCUT2D eigenvalue weighted by Crippen LogP contribution is -2.44. The molecule has 0 aliphatic carbocycles. The third-order valence-corrected chi connectivity index (χ3v) is 3.74. The highest BCUT2D eigenvalue weighted by Gasteiger charge is 2.47. The Morgan fingerprint density at radius 3 is 2.95 bits per heavy atom. The zero-order valence-corrected chi connectivity index (χ0v) is 11.5. The van der Waals surface area contributed by atoms with Gasteiger partial charge >= 0.3 is 0 Å². The molecule has 0 radical (unpaired) electrons. The number of hydrogen-bond donors (Lipinski definition) is 2. The van der Waals surface area contributed by atoms with Crippen molar-refractivity contribution in [1.29, 1.82) is 0 Å². The summed E-state index contributed by atoms with van der Waals surface area (Å²) in [6.45, 7) is 4.55. The number of nitrogens with zero attached hydrogens (tertiary/aromatic N) is 2. The van der Waals surface area contributed by atoms with Gasteiger partial charge in [0.05, 0.1) is 19.3 Å². The van der Waals surface area contributed by atoms with Crippen molar-refractivity contribution < 1.29 is 19.4 Å².